The van der Waals surface area contributed by atoms with E-state index in [1.807, 2.05) is 12.2 Å². The van der Waals surface area contributed by atoms with E-state index in [4.69, 9.17) is 4.52 Å². The Bertz CT molecular complexity index is 1030. The molecule has 9 heteroatoms. The van der Waals surface area contributed by atoms with Gasteiger partial charge in [0.15, 0.2) is 0 Å². The number of amides is 3. The van der Waals surface area contributed by atoms with Crippen LogP contribution in [0.3, 0.4) is 0 Å². The summed E-state index contributed by atoms with van der Waals surface area (Å²) in [5, 5.41) is 6.53. The SMILES string of the molecule is C[C@H](NC(=O)CN1C(=O)[C@@H]2[C@@H](C1=O)[C@H]1C=C[C@H]2C1)c1nc(-c2ccc(F)cc2)no1. The fraction of sp³-hybridized carbons (Fsp3) is 0.381. The lowest BCUT2D eigenvalue weighted by Gasteiger charge is -2.18. The molecule has 2 bridgehead atoms. The standard InChI is InChI=1S/C21H19FN4O4/c1-10(19-24-18(25-30-19)11-4-6-14(22)7-5-11)23-15(27)9-26-20(28)16-12-2-3-13(8-12)17(16)21(26)29/h2-7,10,12-13,16-17H,8-9H2,1H3,(H,23,27)/t10-,12-,13-,16-,17-/m0/s1. The second-order valence-electron chi connectivity index (χ2n) is 8.01. The zero-order chi connectivity index (χ0) is 21.0. The summed E-state index contributed by atoms with van der Waals surface area (Å²) in [5.41, 5.74) is 0.577. The molecule has 1 saturated carbocycles. The number of carbonyl (C=O) groups excluding carboxylic acids is 3. The maximum absolute atomic E-state index is 13.1. The summed E-state index contributed by atoms with van der Waals surface area (Å²) in [7, 11) is 0. The average molecular weight is 410 g/mol. The molecular formula is C21H19FN4O4. The molecule has 8 nitrogen and oxygen atoms in total. The van der Waals surface area contributed by atoms with Gasteiger partial charge in [0, 0.05) is 5.56 Å². The first-order valence-electron chi connectivity index (χ1n) is 9.85. The van der Waals surface area contributed by atoms with E-state index in [1.165, 1.54) is 24.3 Å². The molecule has 2 heterocycles. The highest BCUT2D eigenvalue weighted by Gasteiger charge is 2.59. The van der Waals surface area contributed by atoms with E-state index in [0.717, 1.165) is 11.3 Å². The van der Waals surface area contributed by atoms with Crippen molar-refractivity contribution in [1.82, 2.24) is 20.4 Å². The first-order chi connectivity index (χ1) is 14.4. The lowest BCUT2D eigenvalue weighted by molar-refractivity contribution is -0.144. The molecule has 0 unspecified atom stereocenters. The molecule has 1 saturated heterocycles. The number of imide groups is 1. The molecule has 1 N–H and O–H groups in total. The number of hydrogen-bond donors (Lipinski definition) is 1. The molecule has 2 fully saturated rings. The highest BCUT2D eigenvalue weighted by molar-refractivity contribution is 6.08. The first-order valence-corrected chi connectivity index (χ1v) is 9.85. The van der Waals surface area contributed by atoms with Gasteiger partial charge in [-0.2, -0.15) is 4.98 Å². The topological polar surface area (TPSA) is 105 Å². The zero-order valence-corrected chi connectivity index (χ0v) is 16.1. The second-order valence-corrected chi connectivity index (χ2v) is 8.01. The number of rotatable bonds is 5. The number of aromatic nitrogens is 2. The Morgan fingerprint density at radius 1 is 1.20 bits per heavy atom. The molecule has 5 atom stereocenters. The minimum absolute atomic E-state index is 0.103. The number of fused-ring (bicyclic) bond motifs is 5. The van der Waals surface area contributed by atoms with Crippen LogP contribution in [0.2, 0.25) is 0 Å². The van der Waals surface area contributed by atoms with Crippen LogP contribution in [0, 0.1) is 29.5 Å². The third-order valence-corrected chi connectivity index (χ3v) is 6.16. The van der Waals surface area contributed by atoms with Gasteiger partial charge in [0.1, 0.15) is 18.4 Å². The van der Waals surface area contributed by atoms with Gasteiger partial charge in [0.2, 0.25) is 29.4 Å². The third kappa shape index (κ3) is 2.92. The molecular weight excluding hydrogens is 391 g/mol. The molecule has 154 valence electrons. The molecule has 30 heavy (non-hydrogen) atoms. The molecule has 5 rings (SSSR count). The summed E-state index contributed by atoms with van der Waals surface area (Å²) in [4.78, 5) is 43.2. The van der Waals surface area contributed by atoms with Crippen LogP contribution in [-0.2, 0) is 14.4 Å². The van der Waals surface area contributed by atoms with Crippen LogP contribution in [0.25, 0.3) is 11.4 Å². The Morgan fingerprint density at radius 2 is 1.83 bits per heavy atom. The van der Waals surface area contributed by atoms with Gasteiger partial charge < -0.3 is 9.84 Å². The van der Waals surface area contributed by atoms with E-state index >= 15 is 0 Å². The Hall–Kier alpha value is -3.36. The van der Waals surface area contributed by atoms with Crippen LogP contribution in [0.5, 0.6) is 0 Å². The number of halogens is 1. The summed E-state index contributed by atoms with van der Waals surface area (Å²) >= 11 is 0. The van der Waals surface area contributed by atoms with Crippen molar-refractivity contribution in [3.05, 3.63) is 48.1 Å². The van der Waals surface area contributed by atoms with Gasteiger partial charge in [-0.1, -0.05) is 17.3 Å². The van der Waals surface area contributed by atoms with Crippen LogP contribution >= 0.6 is 0 Å². The fourth-order valence-corrected chi connectivity index (χ4v) is 4.74. The number of benzene rings is 1. The molecule has 0 radical (unpaired) electrons. The van der Waals surface area contributed by atoms with Crippen LogP contribution in [0.4, 0.5) is 4.39 Å². The minimum atomic E-state index is -0.621. The van der Waals surface area contributed by atoms with Gasteiger partial charge in [0.05, 0.1) is 11.8 Å². The highest BCUT2D eigenvalue weighted by atomic mass is 19.1. The van der Waals surface area contributed by atoms with Crippen LogP contribution in [-0.4, -0.2) is 39.3 Å². The lowest BCUT2D eigenvalue weighted by atomic mass is 9.85. The summed E-state index contributed by atoms with van der Waals surface area (Å²) in [6, 6.07) is 5.01. The van der Waals surface area contributed by atoms with Gasteiger partial charge in [-0.3, -0.25) is 19.3 Å². The number of nitrogens with one attached hydrogen (secondary N) is 1. The Balaban J connectivity index is 1.23. The Labute approximate surface area is 171 Å². The van der Waals surface area contributed by atoms with Crippen molar-refractivity contribution in [3.63, 3.8) is 0 Å². The normalized spacial score (nSPS) is 27.6. The molecule has 3 aliphatic rings. The van der Waals surface area contributed by atoms with Gasteiger partial charge in [-0.05, 0) is 49.4 Å². The number of hydrogen-bond acceptors (Lipinski definition) is 6. The van der Waals surface area contributed by atoms with Crippen LogP contribution in [0.15, 0.2) is 40.9 Å². The average Bonchev–Trinajstić information content (AvgIpc) is 3.49. The van der Waals surface area contributed by atoms with E-state index in [1.54, 1.807) is 6.92 Å². The van der Waals surface area contributed by atoms with Gasteiger partial charge in [0.25, 0.3) is 0 Å². The monoisotopic (exact) mass is 410 g/mol. The number of carbonyl (C=O) groups is 3. The molecule has 1 aromatic carbocycles. The van der Waals surface area contributed by atoms with E-state index < -0.39 is 11.9 Å². The largest absolute Gasteiger partial charge is 0.343 e. The van der Waals surface area contributed by atoms with Crippen LogP contribution < -0.4 is 5.32 Å². The molecule has 2 aliphatic carbocycles. The van der Waals surface area contributed by atoms with Crippen molar-refractivity contribution < 1.29 is 23.3 Å². The van der Waals surface area contributed by atoms with Crippen molar-refractivity contribution in [3.8, 4) is 11.4 Å². The summed E-state index contributed by atoms with van der Waals surface area (Å²) < 4.78 is 18.3. The minimum Gasteiger partial charge on any atom is -0.343 e. The van der Waals surface area contributed by atoms with E-state index in [0.29, 0.717) is 5.56 Å². The van der Waals surface area contributed by atoms with Crippen molar-refractivity contribution >= 4 is 17.7 Å². The zero-order valence-electron chi connectivity index (χ0n) is 16.1. The van der Waals surface area contributed by atoms with Crippen molar-refractivity contribution in [2.75, 3.05) is 6.54 Å². The number of allylic oxidation sites excluding steroid dienone is 2. The molecule has 1 aliphatic heterocycles. The molecule has 3 amide bonds. The van der Waals surface area contributed by atoms with Gasteiger partial charge in [-0.15, -0.1) is 0 Å². The predicted octanol–water partition coefficient (Wildman–Crippen LogP) is 1.86. The quantitative estimate of drug-likeness (QED) is 0.596. The van der Waals surface area contributed by atoms with Crippen molar-refractivity contribution in [1.29, 1.82) is 0 Å². The number of likely N-dealkylation sites (tertiary alicyclic amines) is 1. The first kappa shape index (κ1) is 18.7. The smallest absolute Gasteiger partial charge is 0.249 e. The van der Waals surface area contributed by atoms with Gasteiger partial charge >= 0.3 is 0 Å². The summed E-state index contributed by atoms with van der Waals surface area (Å²) in [6.45, 7) is 1.33. The van der Waals surface area contributed by atoms with Gasteiger partial charge in [-0.25, -0.2) is 4.39 Å². The van der Waals surface area contributed by atoms with E-state index in [2.05, 4.69) is 15.5 Å². The third-order valence-electron chi connectivity index (χ3n) is 6.16. The number of nitrogens with zero attached hydrogens (tertiary/aromatic N) is 3. The fourth-order valence-electron chi connectivity index (χ4n) is 4.74. The molecule has 1 aromatic heterocycles. The second kappa shape index (κ2) is 6.86. The molecule has 2 aromatic rings. The lowest BCUT2D eigenvalue weighted by Crippen LogP contribution is -2.42. The highest BCUT2D eigenvalue weighted by Crippen LogP contribution is 2.52. The van der Waals surface area contributed by atoms with E-state index in [-0.39, 0.29) is 59.6 Å². The maximum atomic E-state index is 13.1. The summed E-state index contributed by atoms with van der Waals surface area (Å²) in [6.07, 6.45) is 4.87. The molecule has 0 spiro atoms. The predicted molar refractivity (Wildman–Crippen MR) is 101 cm³/mol. The Morgan fingerprint density at radius 3 is 2.47 bits per heavy atom. The van der Waals surface area contributed by atoms with Crippen molar-refractivity contribution in [2.45, 2.75) is 19.4 Å². The Kier molecular flexibility index (Phi) is 4.27. The maximum Gasteiger partial charge on any atom is 0.249 e. The van der Waals surface area contributed by atoms with Crippen molar-refractivity contribution in [2.24, 2.45) is 23.7 Å². The van der Waals surface area contributed by atoms with E-state index in [9.17, 15) is 18.8 Å². The summed E-state index contributed by atoms with van der Waals surface area (Å²) in [5.74, 6) is -1.39. The van der Waals surface area contributed by atoms with Crippen LogP contribution in [0.1, 0.15) is 25.3 Å².